The molecular weight excluding hydrogens is 279 g/mol. The molecule has 1 aliphatic heterocycles. The quantitative estimate of drug-likeness (QED) is 0.880. The van der Waals surface area contributed by atoms with Crippen LogP contribution in [0.5, 0.6) is 5.88 Å². The standard InChI is InChI=1S/C11H14N2O3.2ClH/c1-16-10-3-2-7(4-13-10)8-5-12-6-9(8)11(14)15;;/h2-4,8-9,12H,5-6H2,1H3,(H,14,15);2*1H/t8-,9+;;/m1../s1. The van der Waals surface area contributed by atoms with E-state index in [0.717, 1.165) is 5.56 Å². The monoisotopic (exact) mass is 294 g/mol. The Morgan fingerprint density at radius 1 is 1.44 bits per heavy atom. The molecule has 0 aromatic carbocycles. The lowest BCUT2D eigenvalue weighted by atomic mass is 9.90. The van der Waals surface area contributed by atoms with Gasteiger partial charge >= 0.3 is 5.97 Å². The summed E-state index contributed by atoms with van der Waals surface area (Å²) in [6.07, 6.45) is 1.69. The van der Waals surface area contributed by atoms with Crippen molar-refractivity contribution in [1.82, 2.24) is 10.3 Å². The molecule has 18 heavy (non-hydrogen) atoms. The molecule has 1 fully saturated rings. The molecule has 2 rings (SSSR count). The second kappa shape index (κ2) is 7.41. The molecule has 1 aliphatic rings. The fourth-order valence-corrected chi connectivity index (χ4v) is 2.02. The van der Waals surface area contributed by atoms with Crippen molar-refractivity contribution in [1.29, 1.82) is 0 Å². The maximum absolute atomic E-state index is 11.0. The molecule has 0 amide bonds. The zero-order valence-corrected chi connectivity index (χ0v) is 11.5. The molecule has 0 saturated carbocycles. The molecule has 0 bridgehead atoms. The van der Waals surface area contributed by atoms with Crippen LogP contribution in [0.1, 0.15) is 11.5 Å². The Morgan fingerprint density at radius 2 is 2.17 bits per heavy atom. The predicted molar refractivity (Wildman–Crippen MR) is 72.0 cm³/mol. The molecule has 2 atom stereocenters. The van der Waals surface area contributed by atoms with E-state index in [1.165, 1.54) is 0 Å². The number of nitrogens with one attached hydrogen (secondary N) is 1. The number of pyridine rings is 1. The number of carboxylic acids is 1. The van der Waals surface area contributed by atoms with Crippen molar-refractivity contribution in [2.45, 2.75) is 5.92 Å². The van der Waals surface area contributed by atoms with Gasteiger partial charge in [0, 0.05) is 31.3 Å². The zero-order valence-electron chi connectivity index (χ0n) is 9.83. The van der Waals surface area contributed by atoms with Crippen LogP contribution < -0.4 is 10.1 Å². The summed E-state index contributed by atoms with van der Waals surface area (Å²) in [7, 11) is 1.55. The maximum atomic E-state index is 11.0. The van der Waals surface area contributed by atoms with Crippen molar-refractivity contribution in [2.24, 2.45) is 5.92 Å². The first-order chi connectivity index (χ1) is 7.72. The molecule has 2 heterocycles. The summed E-state index contributed by atoms with van der Waals surface area (Å²) in [5.41, 5.74) is 0.943. The van der Waals surface area contributed by atoms with E-state index in [2.05, 4.69) is 10.3 Å². The topological polar surface area (TPSA) is 71.5 Å². The Labute approximate surface area is 118 Å². The minimum Gasteiger partial charge on any atom is -0.481 e. The number of halogens is 2. The first-order valence-corrected chi connectivity index (χ1v) is 5.16. The number of aliphatic carboxylic acids is 1. The van der Waals surface area contributed by atoms with Gasteiger partial charge in [0.15, 0.2) is 0 Å². The van der Waals surface area contributed by atoms with Crippen LogP contribution in [0.2, 0.25) is 0 Å². The molecular formula is C11H16Cl2N2O3. The summed E-state index contributed by atoms with van der Waals surface area (Å²) in [5.74, 6) is -0.585. The number of aromatic nitrogens is 1. The number of carbonyl (C=O) groups is 1. The normalized spacial score (nSPS) is 21.6. The highest BCUT2D eigenvalue weighted by Gasteiger charge is 2.33. The number of rotatable bonds is 3. The van der Waals surface area contributed by atoms with Gasteiger partial charge in [-0.3, -0.25) is 4.79 Å². The van der Waals surface area contributed by atoms with Gasteiger partial charge in [-0.2, -0.15) is 0 Å². The molecule has 5 nitrogen and oxygen atoms in total. The second-order valence-corrected chi connectivity index (χ2v) is 3.84. The van der Waals surface area contributed by atoms with Crippen LogP contribution in [0.25, 0.3) is 0 Å². The molecule has 0 aliphatic carbocycles. The third kappa shape index (κ3) is 3.48. The minimum atomic E-state index is -0.759. The Bertz CT molecular complexity index is 386. The van der Waals surface area contributed by atoms with E-state index in [-0.39, 0.29) is 36.6 Å². The number of hydrogen-bond donors (Lipinski definition) is 2. The first kappa shape index (κ1) is 17.0. The Kier molecular flexibility index (Phi) is 6.98. The van der Waals surface area contributed by atoms with Gasteiger partial charge in [0.05, 0.1) is 13.0 Å². The SMILES string of the molecule is COc1ccc([C@H]2CNC[C@@H]2C(=O)O)cn1.Cl.Cl. The molecule has 7 heteroatoms. The second-order valence-electron chi connectivity index (χ2n) is 3.84. The van der Waals surface area contributed by atoms with Crippen molar-refractivity contribution < 1.29 is 14.6 Å². The fraction of sp³-hybridized carbons (Fsp3) is 0.455. The highest BCUT2D eigenvalue weighted by Crippen LogP contribution is 2.28. The molecule has 2 N–H and O–H groups in total. The lowest BCUT2D eigenvalue weighted by molar-refractivity contribution is -0.141. The molecule has 0 spiro atoms. The van der Waals surface area contributed by atoms with Gasteiger partial charge in [-0.25, -0.2) is 4.98 Å². The van der Waals surface area contributed by atoms with E-state index >= 15 is 0 Å². The lowest BCUT2D eigenvalue weighted by Crippen LogP contribution is -2.21. The highest BCUT2D eigenvalue weighted by atomic mass is 35.5. The van der Waals surface area contributed by atoms with Gasteiger partial charge in [0.1, 0.15) is 0 Å². The fourth-order valence-electron chi connectivity index (χ4n) is 2.02. The number of hydrogen-bond acceptors (Lipinski definition) is 4. The third-order valence-electron chi connectivity index (χ3n) is 2.93. The van der Waals surface area contributed by atoms with Crippen LogP contribution in [0, 0.1) is 5.92 Å². The lowest BCUT2D eigenvalue weighted by Gasteiger charge is -2.14. The van der Waals surface area contributed by atoms with Crippen LogP contribution in [-0.2, 0) is 4.79 Å². The molecule has 0 unspecified atom stereocenters. The average Bonchev–Trinajstić information content (AvgIpc) is 2.78. The van der Waals surface area contributed by atoms with Crippen molar-refractivity contribution in [2.75, 3.05) is 20.2 Å². The van der Waals surface area contributed by atoms with E-state index in [1.807, 2.05) is 6.07 Å². The Morgan fingerprint density at radius 3 is 2.67 bits per heavy atom. The maximum Gasteiger partial charge on any atom is 0.308 e. The van der Waals surface area contributed by atoms with E-state index in [1.54, 1.807) is 19.4 Å². The number of nitrogens with zero attached hydrogens (tertiary/aromatic N) is 1. The summed E-state index contributed by atoms with van der Waals surface area (Å²) in [4.78, 5) is 15.1. The van der Waals surface area contributed by atoms with Crippen molar-refractivity contribution in [3.05, 3.63) is 23.9 Å². The summed E-state index contributed by atoms with van der Waals surface area (Å²) >= 11 is 0. The van der Waals surface area contributed by atoms with E-state index in [9.17, 15) is 4.79 Å². The molecule has 1 aromatic heterocycles. The van der Waals surface area contributed by atoms with Gasteiger partial charge in [-0.05, 0) is 5.56 Å². The van der Waals surface area contributed by atoms with Crippen LogP contribution in [0.15, 0.2) is 18.3 Å². The van der Waals surface area contributed by atoms with Gasteiger partial charge in [-0.15, -0.1) is 24.8 Å². The van der Waals surface area contributed by atoms with Crippen molar-refractivity contribution in [3.8, 4) is 5.88 Å². The van der Waals surface area contributed by atoms with Gasteiger partial charge < -0.3 is 15.2 Å². The first-order valence-electron chi connectivity index (χ1n) is 5.16. The number of methoxy groups -OCH3 is 1. The summed E-state index contributed by atoms with van der Waals surface area (Å²) in [5, 5.41) is 12.2. The van der Waals surface area contributed by atoms with Gasteiger partial charge in [-0.1, -0.05) is 6.07 Å². The third-order valence-corrected chi connectivity index (χ3v) is 2.93. The smallest absolute Gasteiger partial charge is 0.308 e. The summed E-state index contributed by atoms with van der Waals surface area (Å²) in [6.45, 7) is 1.21. The molecule has 1 aromatic rings. The van der Waals surface area contributed by atoms with Gasteiger partial charge in [0.2, 0.25) is 5.88 Å². The van der Waals surface area contributed by atoms with Crippen LogP contribution in [0.4, 0.5) is 0 Å². The van der Waals surface area contributed by atoms with Crippen molar-refractivity contribution >= 4 is 30.8 Å². The Balaban J connectivity index is 0.00000144. The van der Waals surface area contributed by atoms with Gasteiger partial charge in [0.25, 0.3) is 0 Å². The highest BCUT2D eigenvalue weighted by molar-refractivity contribution is 5.85. The van der Waals surface area contributed by atoms with Crippen LogP contribution in [0.3, 0.4) is 0 Å². The summed E-state index contributed by atoms with van der Waals surface area (Å²) < 4.78 is 4.96. The molecule has 1 saturated heterocycles. The molecule has 102 valence electrons. The minimum absolute atomic E-state index is 0. The number of ether oxygens (including phenoxy) is 1. The zero-order chi connectivity index (χ0) is 11.5. The van der Waals surface area contributed by atoms with Crippen LogP contribution >= 0.6 is 24.8 Å². The molecule has 0 radical (unpaired) electrons. The van der Waals surface area contributed by atoms with E-state index < -0.39 is 5.97 Å². The van der Waals surface area contributed by atoms with Crippen LogP contribution in [-0.4, -0.2) is 36.3 Å². The largest absolute Gasteiger partial charge is 0.481 e. The van der Waals surface area contributed by atoms with Crippen molar-refractivity contribution in [3.63, 3.8) is 0 Å². The predicted octanol–water partition coefficient (Wildman–Crippen LogP) is 1.32. The average molecular weight is 295 g/mol. The Hall–Kier alpha value is -1.04. The van der Waals surface area contributed by atoms with E-state index in [0.29, 0.717) is 19.0 Å². The van der Waals surface area contributed by atoms with E-state index in [4.69, 9.17) is 9.84 Å². The summed E-state index contributed by atoms with van der Waals surface area (Å²) in [6, 6.07) is 3.63. The number of carboxylic acid groups (broad SMARTS) is 1.